The molecule has 0 bridgehead atoms. The first kappa shape index (κ1) is 18.9. The second kappa shape index (κ2) is 7.92. The average molecular weight is 383 g/mol. The Morgan fingerprint density at radius 3 is 2.66 bits per heavy atom. The van der Waals surface area contributed by atoms with Gasteiger partial charge < -0.3 is 9.72 Å². The van der Waals surface area contributed by atoms with Gasteiger partial charge in [0.1, 0.15) is 5.65 Å². The number of anilines is 1. The molecule has 0 aliphatic heterocycles. The lowest BCUT2D eigenvalue weighted by molar-refractivity contribution is -0.116. The fourth-order valence-corrected chi connectivity index (χ4v) is 3.48. The van der Waals surface area contributed by atoms with Gasteiger partial charge in [0.05, 0.1) is 5.69 Å². The molecule has 0 aliphatic carbocycles. The van der Waals surface area contributed by atoms with Crippen LogP contribution in [-0.2, 0) is 11.2 Å². The maximum atomic E-state index is 12.5. The summed E-state index contributed by atoms with van der Waals surface area (Å²) in [6.07, 6.45) is 5.23. The Hall–Kier alpha value is -3.40. The Kier molecular flexibility index (Phi) is 5.17. The largest absolute Gasteiger partial charge is 0.326 e. The number of fused-ring (bicyclic) bond motifs is 1. The molecule has 0 radical (unpaired) electrons. The van der Waals surface area contributed by atoms with Crippen molar-refractivity contribution in [1.82, 2.24) is 9.38 Å². The van der Waals surface area contributed by atoms with Gasteiger partial charge in [0.25, 0.3) is 0 Å². The molecule has 4 rings (SSSR count). The summed E-state index contributed by atoms with van der Waals surface area (Å²) in [7, 11) is 0. The van der Waals surface area contributed by atoms with Gasteiger partial charge in [-0.15, -0.1) is 0 Å². The second-order valence-electron chi connectivity index (χ2n) is 7.66. The molecule has 0 atom stereocenters. The van der Waals surface area contributed by atoms with Gasteiger partial charge in [0, 0.05) is 30.1 Å². The zero-order valence-electron chi connectivity index (χ0n) is 17.1. The number of nitrogens with zero attached hydrogens (tertiary/aromatic N) is 2. The minimum Gasteiger partial charge on any atom is -0.326 e. The van der Waals surface area contributed by atoms with E-state index in [0.29, 0.717) is 6.42 Å². The lowest BCUT2D eigenvalue weighted by Gasteiger charge is -2.10. The van der Waals surface area contributed by atoms with Gasteiger partial charge in [0.15, 0.2) is 0 Å². The van der Waals surface area contributed by atoms with Crippen LogP contribution in [0.15, 0.2) is 67.0 Å². The van der Waals surface area contributed by atoms with Crippen LogP contribution in [0.1, 0.15) is 28.7 Å². The molecule has 2 heterocycles. The predicted molar refractivity (Wildman–Crippen MR) is 118 cm³/mol. The van der Waals surface area contributed by atoms with Gasteiger partial charge in [0.2, 0.25) is 5.91 Å². The zero-order valence-corrected chi connectivity index (χ0v) is 17.1. The summed E-state index contributed by atoms with van der Waals surface area (Å²) in [6, 6.07) is 18.5. The maximum absolute atomic E-state index is 12.5. The summed E-state index contributed by atoms with van der Waals surface area (Å²) in [5.74, 6) is 0.0254. The van der Waals surface area contributed by atoms with Gasteiger partial charge in [-0.25, -0.2) is 4.98 Å². The smallest absolute Gasteiger partial charge is 0.224 e. The summed E-state index contributed by atoms with van der Waals surface area (Å²) in [5.41, 5.74) is 8.27. The van der Waals surface area contributed by atoms with Crippen LogP contribution in [-0.4, -0.2) is 15.3 Å². The topological polar surface area (TPSA) is 46.4 Å². The van der Waals surface area contributed by atoms with Crippen LogP contribution >= 0.6 is 0 Å². The molecular weight excluding hydrogens is 358 g/mol. The highest BCUT2D eigenvalue weighted by atomic mass is 16.1. The number of imidazole rings is 1. The van der Waals surface area contributed by atoms with Crippen LogP contribution in [0, 0.1) is 20.8 Å². The first-order valence-corrected chi connectivity index (χ1v) is 9.90. The van der Waals surface area contributed by atoms with E-state index in [1.165, 1.54) is 16.7 Å². The Morgan fingerprint density at radius 2 is 1.83 bits per heavy atom. The minimum atomic E-state index is 0.0254. The third kappa shape index (κ3) is 4.37. The lowest BCUT2D eigenvalue weighted by Crippen LogP contribution is -2.13. The van der Waals surface area contributed by atoms with Crippen LogP contribution in [0.5, 0.6) is 0 Å². The number of nitrogens with one attached hydrogen (secondary N) is 1. The first-order chi connectivity index (χ1) is 14.0. The van der Waals surface area contributed by atoms with E-state index in [1.807, 2.05) is 48.0 Å². The van der Waals surface area contributed by atoms with Crippen molar-refractivity contribution in [3.8, 4) is 11.3 Å². The van der Waals surface area contributed by atoms with Crippen molar-refractivity contribution < 1.29 is 4.79 Å². The molecule has 4 nitrogen and oxygen atoms in total. The van der Waals surface area contributed by atoms with Gasteiger partial charge in [-0.1, -0.05) is 42.0 Å². The highest BCUT2D eigenvalue weighted by molar-refractivity contribution is 5.92. The SMILES string of the molecule is Cc1cccc(CCC(=O)Nc2cc(-c3cn4ccc(C)cc4n3)ccc2C)c1. The quantitative estimate of drug-likeness (QED) is 0.495. The first-order valence-electron chi connectivity index (χ1n) is 9.90. The third-order valence-electron chi connectivity index (χ3n) is 5.15. The van der Waals surface area contributed by atoms with Crippen LogP contribution in [0.3, 0.4) is 0 Å². The Bertz CT molecular complexity index is 1190. The summed E-state index contributed by atoms with van der Waals surface area (Å²) in [4.78, 5) is 17.2. The number of aryl methyl sites for hydroxylation is 4. The van der Waals surface area contributed by atoms with Gasteiger partial charge in [-0.3, -0.25) is 4.79 Å². The number of amides is 1. The van der Waals surface area contributed by atoms with Crippen molar-refractivity contribution in [1.29, 1.82) is 0 Å². The number of rotatable bonds is 5. The number of carbonyl (C=O) groups excluding carboxylic acids is 1. The number of hydrogen-bond donors (Lipinski definition) is 1. The molecule has 0 aliphatic rings. The van der Waals surface area contributed by atoms with E-state index in [2.05, 4.69) is 49.5 Å². The number of pyridine rings is 1. The number of benzene rings is 2. The monoisotopic (exact) mass is 383 g/mol. The molecule has 0 fully saturated rings. The van der Waals surface area contributed by atoms with Crippen LogP contribution in [0.2, 0.25) is 0 Å². The minimum absolute atomic E-state index is 0.0254. The van der Waals surface area contributed by atoms with Crippen LogP contribution in [0.4, 0.5) is 5.69 Å². The van der Waals surface area contributed by atoms with E-state index >= 15 is 0 Å². The Labute approximate surface area is 171 Å². The highest BCUT2D eigenvalue weighted by Crippen LogP contribution is 2.25. The average Bonchev–Trinajstić information content (AvgIpc) is 3.11. The van der Waals surface area contributed by atoms with E-state index in [1.54, 1.807) is 0 Å². The van der Waals surface area contributed by atoms with E-state index in [0.717, 1.165) is 34.6 Å². The Balaban J connectivity index is 1.51. The molecule has 1 amide bonds. The van der Waals surface area contributed by atoms with E-state index in [9.17, 15) is 4.79 Å². The molecule has 0 unspecified atom stereocenters. The fourth-order valence-electron chi connectivity index (χ4n) is 3.48. The predicted octanol–water partition coefficient (Wildman–Crippen LogP) is 5.50. The molecule has 1 N–H and O–H groups in total. The van der Waals surface area contributed by atoms with Gasteiger partial charge in [-0.05, 0) is 62.1 Å². The molecule has 0 spiro atoms. The number of carbonyl (C=O) groups is 1. The van der Waals surface area contributed by atoms with Crippen molar-refractivity contribution in [2.24, 2.45) is 0 Å². The van der Waals surface area contributed by atoms with Crippen LogP contribution in [0.25, 0.3) is 16.9 Å². The van der Waals surface area contributed by atoms with Crippen molar-refractivity contribution in [3.05, 3.63) is 89.2 Å². The zero-order chi connectivity index (χ0) is 20.4. The van der Waals surface area contributed by atoms with E-state index in [4.69, 9.17) is 4.98 Å². The standard InChI is InChI=1S/C25H25N3O/c1-17-5-4-6-20(13-17)8-10-25(29)27-22-15-21(9-7-19(22)3)23-16-28-12-11-18(2)14-24(28)26-23/h4-7,9,11-16H,8,10H2,1-3H3,(H,27,29). The summed E-state index contributed by atoms with van der Waals surface area (Å²) in [6.45, 7) is 6.14. The number of hydrogen-bond acceptors (Lipinski definition) is 2. The summed E-state index contributed by atoms with van der Waals surface area (Å²) < 4.78 is 2.02. The fraction of sp³-hybridized carbons (Fsp3) is 0.200. The van der Waals surface area contributed by atoms with Crippen molar-refractivity contribution >= 4 is 17.2 Å². The van der Waals surface area contributed by atoms with E-state index < -0.39 is 0 Å². The van der Waals surface area contributed by atoms with Crippen molar-refractivity contribution in [2.45, 2.75) is 33.6 Å². The molecular formula is C25H25N3O. The molecule has 29 heavy (non-hydrogen) atoms. The lowest BCUT2D eigenvalue weighted by atomic mass is 10.1. The molecule has 2 aromatic heterocycles. The van der Waals surface area contributed by atoms with E-state index in [-0.39, 0.29) is 5.91 Å². The second-order valence-corrected chi connectivity index (χ2v) is 7.66. The van der Waals surface area contributed by atoms with Crippen molar-refractivity contribution in [3.63, 3.8) is 0 Å². The Morgan fingerprint density at radius 1 is 1.00 bits per heavy atom. The normalized spacial score (nSPS) is 11.0. The molecule has 0 saturated heterocycles. The molecule has 4 aromatic rings. The molecule has 2 aromatic carbocycles. The summed E-state index contributed by atoms with van der Waals surface area (Å²) in [5, 5.41) is 3.07. The highest BCUT2D eigenvalue weighted by Gasteiger charge is 2.10. The van der Waals surface area contributed by atoms with Crippen molar-refractivity contribution in [2.75, 3.05) is 5.32 Å². The molecule has 146 valence electrons. The molecule has 4 heteroatoms. The van der Waals surface area contributed by atoms with Gasteiger partial charge in [-0.2, -0.15) is 0 Å². The maximum Gasteiger partial charge on any atom is 0.224 e. The van der Waals surface area contributed by atoms with Crippen LogP contribution < -0.4 is 5.32 Å². The number of aromatic nitrogens is 2. The summed E-state index contributed by atoms with van der Waals surface area (Å²) >= 11 is 0. The van der Waals surface area contributed by atoms with Gasteiger partial charge >= 0.3 is 0 Å². The molecule has 0 saturated carbocycles. The third-order valence-corrected chi connectivity index (χ3v) is 5.15.